The monoisotopic (exact) mass is 287 g/mol. The molecule has 21 heavy (non-hydrogen) atoms. The van der Waals surface area contributed by atoms with Crippen LogP contribution in [0.1, 0.15) is 45.7 Å². The fourth-order valence-electron chi connectivity index (χ4n) is 2.49. The average Bonchev–Trinajstić information content (AvgIpc) is 2.51. The van der Waals surface area contributed by atoms with E-state index >= 15 is 0 Å². The summed E-state index contributed by atoms with van der Waals surface area (Å²) in [7, 11) is 0. The quantitative estimate of drug-likeness (QED) is 0.705. The molecule has 0 bridgehead atoms. The Bertz CT molecular complexity index is 430. The Morgan fingerprint density at radius 2 is 1.81 bits per heavy atom. The third-order valence-electron chi connectivity index (χ3n) is 4.00. The van der Waals surface area contributed by atoms with Gasteiger partial charge in [-0.1, -0.05) is 44.2 Å². The van der Waals surface area contributed by atoms with Crippen molar-refractivity contribution >= 4 is 0 Å². The topological polar surface area (TPSA) is 39.1 Å². The minimum Gasteiger partial charge on any atom is -0.315 e. The van der Waals surface area contributed by atoms with Gasteiger partial charge < -0.3 is 5.32 Å². The van der Waals surface area contributed by atoms with Crippen LogP contribution >= 0.6 is 0 Å². The van der Waals surface area contributed by atoms with E-state index in [1.165, 1.54) is 5.56 Å². The van der Waals surface area contributed by atoms with Gasteiger partial charge in [-0.15, -0.1) is 0 Å². The zero-order valence-electron chi connectivity index (χ0n) is 13.9. The Labute approximate surface area is 130 Å². The minimum absolute atomic E-state index is 0.246. The van der Waals surface area contributed by atoms with Gasteiger partial charge >= 0.3 is 0 Å². The maximum Gasteiger partial charge on any atom is 0.0684 e. The van der Waals surface area contributed by atoms with E-state index in [0.717, 1.165) is 32.6 Å². The zero-order valence-corrected chi connectivity index (χ0v) is 13.9. The molecule has 0 spiro atoms. The normalized spacial score (nSPS) is 13.1. The molecule has 0 saturated heterocycles. The van der Waals surface area contributed by atoms with E-state index in [1.54, 1.807) is 0 Å². The summed E-state index contributed by atoms with van der Waals surface area (Å²) in [6.45, 7) is 12.3. The van der Waals surface area contributed by atoms with Crippen LogP contribution < -0.4 is 5.32 Å². The van der Waals surface area contributed by atoms with Crippen LogP contribution in [0.5, 0.6) is 0 Å². The van der Waals surface area contributed by atoms with E-state index in [-0.39, 0.29) is 5.41 Å². The molecule has 0 radical (unpaired) electrons. The molecule has 1 unspecified atom stereocenters. The summed E-state index contributed by atoms with van der Waals surface area (Å²) in [6.07, 6.45) is 0.878. The number of likely N-dealkylation sites (N-methyl/N-ethyl adjacent to an activating group) is 1. The van der Waals surface area contributed by atoms with Gasteiger partial charge in [0.2, 0.25) is 0 Å². The molecule has 0 aromatic heterocycles. The summed E-state index contributed by atoms with van der Waals surface area (Å²) in [6, 6.07) is 13.4. The standard InChI is InChI=1S/C18H29N3/c1-5-21(6-2)17(16-10-8-7-9-11-16)14-20-13-12-18(3,4)15-19/h7-11,17,20H,5-6,12-14H2,1-4H3. The fraction of sp³-hybridized carbons (Fsp3) is 0.611. The van der Waals surface area contributed by atoms with Crippen LogP contribution in [-0.2, 0) is 0 Å². The number of nitriles is 1. The molecule has 1 N–H and O–H groups in total. The van der Waals surface area contributed by atoms with Gasteiger partial charge in [0, 0.05) is 12.6 Å². The molecule has 0 fully saturated rings. The average molecular weight is 287 g/mol. The van der Waals surface area contributed by atoms with Crippen LogP contribution in [0.25, 0.3) is 0 Å². The molecule has 3 heteroatoms. The lowest BCUT2D eigenvalue weighted by Gasteiger charge is -2.30. The highest BCUT2D eigenvalue weighted by atomic mass is 15.2. The van der Waals surface area contributed by atoms with E-state index in [9.17, 15) is 0 Å². The first kappa shape index (κ1) is 17.7. The SMILES string of the molecule is CCN(CC)C(CNCCC(C)(C)C#N)c1ccccc1. The predicted octanol–water partition coefficient (Wildman–Crippen LogP) is 3.60. The molecule has 0 saturated carbocycles. The predicted molar refractivity (Wildman–Crippen MR) is 89.0 cm³/mol. The largest absolute Gasteiger partial charge is 0.315 e. The summed E-state index contributed by atoms with van der Waals surface area (Å²) >= 11 is 0. The number of hydrogen-bond acceptors (Lipinski definition) is 3. The summed E-state index contributed by atoms with van der Waals surface area (Å²) in [5, 5.41) is 12.6. The summed E-state index contributed by atoms with van der Waals surface area (Å²) in [5.74, 6) is 0. The van der Waals surface area contributed by atoms with Crippen molar-refractivity contribution < 1.29 is 0 Å². The van der Waals surface area contributed by atoms with Gasteiger partial charge in [-0.05, 0) is 45.5 Å². The lowest BCUT2D eigenvalue weighted by atomic mass is 9.91. The Morgan fingerprint density at radius 3 is 2.33 bits per heavy atom. The Kier molecular flexibility index (Phi) is 7.42. The van der Waals surface area contributed by atoms with E-state index in [4.69, 9.17) is 5.26 Å². The van der Waals surface area contributed by atoms with E-state index in [0.29, 0.717) is 6.04 Å². The molecule has 1 atom stereocenters. The Balaban J connectivity index is 2.61. The second-order valence-corrected chi connectivity index (χ2v) is 6.10. The van der Waals surface area contributed by atoms with Crippen LogP contribution in [0.4, 0.5) is 0 Å². The summed E-state index contributed by atoms with van der Waals surface area (Å²) < 4.78 is 0. The molecular weight excluding hydrogens is 258 g/mol. The lowest BCUT2D eigenvalue weighted by Crippen LogP contribution is -2.36. The van der Waals surface area contributed by atoms with Gasteiger partial charge in [0.05, 0.1) is 11.5 Å². The van der Waals surface area contributed by atoms with Gasteiger partial charge in [0.1, 0.15) is 0 Å². The maximum absolute atomic E-state index is 9.06. The highest BCUT2D eigenvalue weighted by Crippen LogP contribution is 2.20. The Hall–Kier alpha value is -1.37. The summed E-state index contributed by atoms with van der Waals surface area (Å²) in [4.78, 5) is 2.47. The molecule has 1 aromatic carbocycles. The third-order valence-corrected chi connectivity index (χ3v) is 4.00. The highest BCUT2D eigenvalue weighted by Gasteiger charge is 2.19. The second kappa shape index (κ2) is 8.81. The van der Waals surface area contributed by atoms with Crippen molar-refractivity contribution in [2.24, 2.45) is 5.41 Å². The molecule has 1 aromatic rings. The van der Waals surface area contributed by atoms with Gasteiger partial charge in [0.25, 0.3) is 0 Å². The first-order valence-corrected chi connectivity index (χ1v) is 7.95. The molecule has 0 aliphatic heterocycles. The number of rotatable bonds is 9. The fourth-order valence-corrected chi connectivity index (χ4v) is 2.49. The van der Waals surface area contributed by atoms with Crippen molar-refractivity contribution in [3.63, 3.8) is 0 Å². The van der Waals surface area contributed by atoms with Crippen molar-refractivity contribution in [2.45, 2.75) is 40.2 Å². The van der Waals surface area contributed by atoms with E-state index < -0.39 is 0 Å². The maximum atomic E-state index is 9.06. The molecule has 0 amide bonds. The van der Waals surface area contributed by atoms with Crippen molar-refractivity contribution in [1.82, 2.24) is 10.2 Å². The second-order valence-electron chi connectivity index (χ2n) is 6.10. The number of nitrogens with one attached hydrogen (secondary N) is 1. The van der Waals surface area contributed by atoms with Gasteiger partial charge in [-0.2, -0.15) is 5.26 Å². The van der Waals surface area contributed by atoms with Crippen molar-refractivity contribution in [1.29, 1.82) is 5.26 Å². The number of nitrogens with zero attached hydrogens (tertiary/aromatic N) is 2. The smallest absolute Gasteiger partial charge is 0.0684 e. The summed E-state index contributed by atoms with van der Waals surface area (Å²) in [5.41, 5.74) is 1.11. The first-order chi connectivity index (χ1) is 10.0. The van der Waals surface area contributed by atoms with E-state index in [1.807, 2.05) is 13.8 Å². The number of benzene rings is 1. The van der Waals surface area contributed by atoms with Gasteiger partial charge in [-0.3, -0.25) is 4.90 Å². The molecule has 0 heterocycles. The highest BCUT2D eigenvalue weighted by molar-refractivity contribution is 5.19. The van der Waals surface area contributed by atoms with Crippen molar-refractivity contribution in [3.05, 3.63) is 35.9 Å². The van der Waals surface area contributed by atoms with Crippen LogP contribution in [0.2, 0.25) is 0 Å². The molecule has 116 valence electrons. The third kappa shape index (κ3) is 5.87. The Morgan fingerprint density at radius 1 is 1.19 bits per heavy atom. The first-order valence-electron chi connectivity index (χ1n) is 7.95. The molecule has 1 rings (SSSR count). The molecular formula is C18H29N3. The lowest BCUT2D eigenvalue weighted by molar-refractivity contribution is 0.212. The van der Waals surface area contributed by atoms with Gasteiger partial charge in [-0.25, -0.2) is 0 Å². The number of hydrogen-bond donors (Lipinski definition) is 1. The molecule has 0 aliphatic carbocycles. The van der Waals surface area contributed by atoms with Crippen LogP contribution in [0, 0.1) is 16.7 Å². The van der Waals surface area contributed by atoms with Crippen LogP contribution in [0.3, 0.4) is 0 Å². The van der Waals surface area contributed by atoms with Crippen molar-refractivity contribution in [3.8, 4) is 6.07 Å². The molecule has 3 nitrogen and oxygen atoms in total. The zero-order chi connectivity index (χ0) is 15.7. The van der Waals surface area contributed by atoms with Crippen LogP contribution in [0.15, 0.2) is 30.3 Å². The van der Waals surface area contributed by atoms with Crippen molar-refractivity contribution in [2.75, 3.05) is 26.2 Å². The minimum atomic E-state index is -0.246. The van der Waals surface area contributed by atoms with Crippen LogP contribution in [-0.4, -0.2) is 31.1 Å². The van der Waals surface area contributed by atoms with E-state index in [2.05, 4.69) is 60.5 Å². The molecule has 0 aliphatic rings. The van der Waals surface area contributed by atoms with Gasteiger partial charge in [0.15, 0.2) is 0 Å².